The number of aromatic amines is 1. The molecule has 0 spiro atoms. The number of carbonyl (C=O) groups excluding carboxylic acids is 1. The maximum absolute atomic E-state index is 12.4. The number of fused-ring (bicyclic) bond motifs is 1. The molecule has 0 saturated carbocycles. The van der Waals surface area contributed by atoms with E-state index in [1.807, 2.05) is 31.2 Å². The van der Waals surface area contributed by atoms with Gasteiger partial charge in [-0.3, -0.25) is 4.79 Å². The van der Waals surface area contributed by atoms with Crippen molar-refractivity contribution in [2.24, 2.45) is 0 Å². The van der Waals surface area contributed by atoms with E-state index in [1.54, 1.807) is 0 Å². The standard InChI is InChI=1S/C14H16N2O3S/c1-9-13(11-4-2-3-5-12(11)15-9)14(17)16-10-6-7-20(18,19)8-10/h2-5,10,15H,6-8H2,1H3,(H,16,17). The smallest absolute Gasteiger partial charge is 0.253 e. The summed E-state index contributed by atoms with van der Waals surface area (Å²) in [5.74, 6) is -0.00707. The lowest BCUT2D eigenvalue weighted by Crippen LogP contribution is -2.35. The molecule has 1 atom stereocenters. The first-order valence-corrected chi connectivity index (χ1v) is 8.37. The van der Waals surface area contributed by atoms with Crippen LogP contribution in [-0.4, -0.2) is 36.9 Å². The molecule has 1 aliphatic heterocycles. The van der Waals surface area contributed by atoms with Crippen LogP contribution in [0.3, 0.4) is 0 Å². The average Bonchev–Trinajstić information content (AvgIpc) is 2.88. The molecule has 106 valence electrons. The lowest BCUT2D eigenvalue weighted by Gasteiger charge is -2.10. The summed E-state index contributed by atoms with van der Waals surface area (Å²) in [6.45, 7) is 1.85. The Morgan fingerprint density at radius 1 is 1.35 bits per heavy atom. The first-order valence-electron chi connectivity index (χ1n) is 6.55. The van der Waals surface area contributed by atoms with Crippen molar-refractivity contribution >= 4 is 26.6 Å². The minimum absolute atomic E-state index is 0.0418. The van der Waals surface area contributed by atoms with Crippen LogP contribution in [0.15, 0.2) is 24.3 Å². The largest absolute Gasteiger partial charge is 0.358 e. The first-order chi connectivity index (χ1) is 9.46. The van der Waals surface area contributed by atoms with Crippen molar-refractivity contribution in [3.8, 4) is 0 Å². The molecule has 1 aliphatic rings. The third-order valence-electron chi connectivity index (χ3n) is 3.69. The highest BCUT2D eigenvalue weighted by Crippen LogP contribution is 2.22. The van der Waals surface area contributed by atoms with Gasteiger partial charge in [0, 0.05) is 22.6 Å². The Kier molecular flexibility index (Phi) is 3.05. The van der Waals surface area contributed by atoms with Gasteiger partial charge >= 0.3 is 0 Å². The molecule has 1 amide bonds. The van der Waals surface area contributed by atoms with Crippen molar-refractivity contribution < 1.29 is 13.2 Å². The summed E-state index contributed by atoms with van der Waals surface area (Å²) in [7, 11) is -2.99. The van der Waals surface area contributed by atoms with Gasteiger partial charge in [0.15, 0.2) is 9.84 Å². The summed E-state index contributed by atoms with van der Waals surface area (Å²) >= 11 is 0. The lowest BCUT2D eigenvalue weighted by atomic mass is 10.1. The Morgan fingerprint density at radius 3 is 2.80 bits per heavy atom. The zero-order valence-electron chi connectivity index (χ0n) is 11.1. The topological polar surface area (TPSA) is 79.0 Å². The molecule has 2 aromatic rings. The van der Waals surface area contributed by atoms with E-state index < -0.39 is 9.84 Å². The lowest BCUT2D eigenvalue weighted by molar-refractivity contribution is 0.0942. The number of sulfone groups is 1. The highest BCUT2D eigenvalue weighted by atomic mass is 32.2. The van der Waals surface area contributed by atoms with Crippen LogP contribution in [0, 0.1) is 6.92 Å². The number of hydrogen-bond acceptors (Lipinski definition) is 3. The zero-order chi connectivity index (χ0) is 14.3. The highest BCUT2D eigenvalue weighted by Gasteiger charge is 2.30. The molecule has 3 rings (SSSR count). The van der Waals surface area contributed by atoms with Crippen molar-refractivity contribution in [2.75, 3.05) is 11.5 Å². The second-order valence-electron chi connectivity index (χ2n) is 5.24. The van der Waals surface area contributed by atoms with E-state index in [-0.39, 0.29) is 23.5 Å². The summed E-state index contributed by atoms with van der Waals surface area (Å²) in [6.07, 6.45) is 0.496. The second-order valence-corrected chi connectivity index (χ2v) is 7.47. The van der Waals surface area contributed by atoms with Crippen LogP contribution in [0.4, 0.5) is 0 Å². The molecule has 0 aliphatic carbocycles. The molecule has 5 nitrogen and oxygen atoms in total. The molecular weight excluding hydrogens is 276 g/mol. The molecule has 6 heteroatoms. The van der Waals surface area contributed by atoms with E-state index in [4.69, 9.17) is 0 Å². The molecule has 2 N–H and O–H groups in total. The number of carbonyl (C=O) groups is 1. The quantitative estimate of drug-likeness (QED) is 0.878. The summed E-state index contributed by atoms with van der Waals surface area (Å²) in [5.41, 5.74) is 2.31. The van der Waals surface area contributed by atoms with Crippen LogP contribution in [0.1, 0.15) is 22.5 Å². The van der Waals surface area contributed by atoms with Crippen LogP contribution in [-0.2, 0) is 9.84 Å². The Balaban J connectivity index is 1.88. The van der Waals surface area contributed by atoms with Gasteiger partial charge in [-0.25, -0.2) is 8.42 Å². The van der Waals surface area contributed by atoms with Crippen molar-refractivity contribution in [1.82, 2.24) is 10.3 Å². The Labute approximate surface area is 117 Å². The number of nitrogens with one attached hydrogen (secondary N) is 2. The fourth-order valence-electron chi connectivity index (χ4n) is 2.74. The van der Waals surface area contributed by atoms with Crippen LogP contribution in [0.5, 0.6) is 0 Å². The van der Waals surface area contributed by atoms with E-state index >= 15 is 0 Å². The van der Waals surface area contributed by atoms with Gasteiger partial charge in [-0.1, -0.05) is 18.2 Å². The van der Waals surface area contributed by atoms with Crippen molar-refractivity contribution in [2.45, 2.75) is 19.4 Å². The number of benzene rings is 1. The van der Waals surface area contributed by atoms with E-state index in [1.165, 1.54) is 0 Å². The molecule has 1 saturated heterocycles. The Hall–Kier alpha value is -1.82. The van der Waals surface area contributed by atoms with Gasteiger partial charge in [0.25, 0.3) is 5.91 Å². The maximum Gasteiger partial charge on any atom is 0.253 e. The summed E-state index contributed by atoms with van der Waals surface area (Å²) < 4.78 is 22.9. The maximum atomic E-state index is 12.4. The molecule has 1 aromatic heterocycles. The minimum Gasteiger partial charge on any atom is -0.358 e. The summed E-state index contributed by atoms with van der Waals surface area (Å²) in [5, 5.41) is 3.70. The number of aromatic nitrogens is 1. The monoisotopic (exact) mass is 292 g/mol. The van der Waals surface area contributed by atoms with E-state index in [0.717, 1.165) is 16.6 Å². The molecule has 1 unspecified atom stereocenters. The molecule has 20 heavy (non-hydrogen) atoms. The molecule has 1 fully saturated rings. The summed E-state index contributed by atoms with van der Waals surface area (Å²) in [4.78, 5) is 15.6. The van der Waals surface area contributed by atoms with E-state index in [2.05, 4.69) is 10.3 Å². The zero-order valence-corrected chi connectivity index (χ0v) is 12.0. The van der Waals surface area contributed by atoms with Gasteiger partial charge in [0.2, 0.25) is 0 Å². The number of aryl methyl sites for hydroxylation is 1. The van der Waals surface area contributed by atoms with Gasteiger partial charge in [-0.05, 0) is 19.4 Å². The predicted molar refractivity (Wildman–Crippen MR) is 77.6 cm³/mol. The minimum atomic E-state index is -2.99. The van der Waals surface area contributed by atoms with Gasteiger partial charge < -0.3 is 10.3 Å². The number of hydrogen-bond donors (Lipinski definition) is 2. The van der Waals surface area contributed by atoms with E-state index in [0.29, 0.717) is 12.0 Å². The van der Waals surface area contributed by atoms with Crippen molar-refractivity contribution in [3.63, 3.8) is 0 Å². The number of rotatable bonds is 2. The highest BCUT2D eigenvalue weighted by molar-refractivity contribution is 7.91. The third kappa shape index (κ3) is 2.31. The van der Waals surface area contributed by atoms with Gasteiger partial charge in [-0.15, -0.1) is 0 Å². The second kappa shape index (κ2) is 4.63. The number of para-hydroxylation sites is 1. The SMILES string of the molecule is Cc1[nH]c2ccccc2c1C(=O)NC1CCS(=O)(=O)C1. The third-order valence-corrected chi connectivity index (χ3v) is 5.46. The molecule has 0 radical (unpaired) electrons. The van der Waals surface area contributed by atoms with Gasteiger partial charge in [0.05, 0.1) is 17.1 Å². The Bertz CT molecular complexity index is 777. The first kappa shape index (κ1) is 13.2. The normalized spacial score (nSPS) is 21.1. The summed E-state index contributed by atoms with van der Waals surface area (Å²) in [6, 6.07) is 7.31. The van der Waals surface area contributed by atoms with Gasteiger partial charge in [0.1, 0.15) is 0 Å². The molecule has 1 aromatic carbocycles. The molecular formula is C14H16N2O3S. The van der Waals surface area contributed by atoms with E-state index in [9.17, 15) is 13.2 Å². The van der Waals surface area contributed by atoms with Crippen LogP contribution >= 0.6 is 0 Å². The molecule has 2 heterocycles. The van der Waals surface area contributed by atoms with Crippen molar-refractivity contribution in [3.05, 3.63) is 35.5 Å². The van der Waals surface area contributed by atoms with Crippen LogP contribution in [0.25, 0.3) is 10.9 Å². The number of H-pyrrole nitrogens is 1. The van der Waals surface area contributed by atoms with Crippen LogP contribution < -0.4 is 5.32 Å². The molecule has 0 bridgehead atoms. The fraction of sp³-hybridized carbons (Fsp3) is 0.357. The Morgan fingerprint density at radius 2 is 2.10 bits per heavy atom. The van der Waals surface area contributed by atoms with Crippen molar-refractivity contribution in [1.29, 1.82) is 0 Å². The predicted octanol–water partition coefficient (Wildman–Crippen LogP) is 1.39. The fourth-order valence-corrected chi connectivity index (χ4v) is 4.41. The van der Waals surface area contributed by atoms with Gasteiger partial charge in [-0.2, -0.15) is 0 Å². The van der Waals surface area contributed by atoms with Crippen LogP contribution in [0.2, 0.25) is 0 Å². The average molecular weight is 292 g/mol. The number of amides is 1.